The van der Waals surface area contributed by atoms with Gasteiger partial charge in [0.15, 0.2) is 0 Å². The molecule has 5 rings (SSSR count). The van der Waals surface area contributed by atoms with Crippen molar-refractivity contribution in [3.8, 4) is 17.1 Å². The molecule has 0 aliphatic heterocycles. The zero-order chi connectivity index (χ0) is 22.3. The van der Waals surface area contributed by atoms with Crippen molar-refractivity contribution in [2.45, 2.75) is 57.0 Å². The molecule has 0 saturated heterocycles. The molecule has 1 saturated carbocycles. The second-order valence-electron chi connectivity index (χ2n) is 9.02. The highest BCUT2D eigenvalue weighted by Gasteiger charge is 2.33. The molecule has 0 unspecified atom stereocenters. The van der Waals surface area contributed by atoms with Crippen LogP contribution in [0, 0.1) is 0 Å². The molecule has 0 bridgehead atoms. The molecular weight excluding hydrogens is 408 g/mol. The Hall–Kier alpha value is -3.40. The highest BCUT2D eigenvalue weighted by molar-refractivity contribution is 5.55. The van der Waals surface area contributed by atoms with Crippen LogP contribution in [-0.2, 0) is 18.4 Å². The van der Waals surface area contributed by atoms with Crippen LogP contribution >= 0.6 is 0 Å². The summed E-state index contributed by atoms with van der Waals surface area (Å²) < 4.78 is 11.5. The monoisotopic (exact) mass is 438 g/mol. The first-order valence-corrected chi connectivity index (χ1v) is 12.0. The van der Waals surface area contributed by atoms with Gasteiger partial charge >= 0.3 is 0 Å². The van der Waals surface area contributed by atoms with Crippen LogP contribution in [0.4, 0.5) is 0 Å². The summed E-state index contributed by atoms with van der Waals surface area (Å²) in [6.45, 7) is 0.551. The maximum atomic E-state index is 5.88. The van der Waals surface area contributed by atoms with Gasteiger partial charge in [-0.05, 0) is 60.1 Å². The Kier molecular flexibility index (Phi) is 6.52. The molecule has 0 radical (unpaired) electrons. The lowest BCUT2D eigenvalue weighted by Crippen LogP contribution is -2.29. The zero-order valence-electron chi connectivity index (χ0n) is 19.0. The van der Waals surface area contributed by atoms with Crippen LogP contribution in [0.25, 0.3) is 11.4 Å². The molecule has 1 aromatic heterocycles. The Labute approximate surface area is 195 Å². The van der Waals surface area contributed by atoms with Gasteiger partial charge in [0.05, 0.1) is 0 Å². The minimum absolute atomic E-state index is 0.228. The Morgan fingerprint density at radius 1 is 0.788 bits per heavy atom. The van der Waals surface area contributed by atoms with Gasteiger partial charge in [0, 0.05) is 12.0 Å². The van der Waals surface area contributed by atoms with E-state index in [4.69, 9.17) is 14.2 Å². The molecule has 1 heterocycles. The van der Waals surface area contributed by atoms with Crippen LogP contribution in [0.15, 0.2) is 89.5 Å². The van der Waals surface area contributed by atoms with Crippen LogP contribution in [0.1, 0.15) is 55.5 Å². The first kappa shape index (κ1) is 21.4. The van der Waals surface area contributed by atoms with E-state index in [2.05, 4.69) is 47.6 Å². The first-order chi connectivity index (χ1) is 16.3. The molecule has 3 aromatic carbocycles. The maximum Gasteiger partial charge on any atom is 0.226 e. The van der Waals surface area contributed by atoms with Crippen LogP contribution in [0.5, 0.6) is 5.75 Å². The van der Waals surface area contributed by atoms with Crippen molar-refractivity contribution in [2.24, 2.45) is 0 Å². The van der Waals surface area contributed by atoms with Crippen molar-refractivity contribution >= 4 is 0 Å². The van der Waals surface area contributed by atoms with Gasteiger partial charge in [0.2, 0.25) is 11.7 Å². The Morgan fingerprint density at radius 2 is 1.48 bits per heavy atom. The van der Waals surface area contributed by atoms with Crippen molar-refractivity contribution in [1.29, 1.82) is 0 Å². The predicted molar refractivity (Wildman–Crippen MR) is 130 cm³/mol. The molecule has 0 N–H and O–H groups in total. The minimum atomic E-state index is 0.228. The third-order valence-corrected chi connectivity index (χ3v) is 6.84. The summed E-state index contributed by atoms with van der Waals surface area (Å²) in [7, 11) is 0. The van der Waals surface area contributed by atoms with Gasteiger partial charge < -0.3 is 9.26 Å². The topological polar surface area (TPSA) is 48.2 Å². The average Bonchev–Trinajstić information content (AvgIpc) is 3.37. The van der Waals surface area contributed by atoms with Gasteiger partial charge in [-0.3, -0.25) is 0 Å². The summed E-state index contributed by atoms with van der Waals surface area (Å²) in [5.74, 6) is 2.18. The van der Waals surface area contributed by atoms with Crippen molar-refractivity contribution in [2.75, 3.05) is 0 Å². The average molecular weight is 439 g/mol. The number of nitrogens with zero attached hydrogens (tertiary/aromatic N) is 2. The standard InChI is InChI=1S/C29H30N2O2/c1-4-10-23(11-5-1)22-32-26-16-14-24(15-17-26)28-30-27(33-31-28)18-21-29(19-8-3-9-20-29)25-12-6-2-7-13-25/h1-2,4-7,10-17H,3,8-9,18-22H2. The van der Waals surface area contributed by atoms with Gasteiger partial charge in [0.1, 0.15) is 12.4 Å². The van der Waals surface area contributed by atoms with E-state index in [0.717, 1.165) is 35.6 Å². The molecule has 4 aromatic rings. The summed E-state index contributed by atoms with van der Waals surface area (Å²) in [6.07, 6.45) is 8.26. The largest absolute Gasteiger partial charge is 0.489 e. The smallest absolute Gasteiger partial charge is 0.226 e. The molecule has 1 fully saturated rings. The normalized spacial score (nSPS) is 15.3. The Bertz CT molecular complexity index is 1130. The summed E-state index contributed by atoms with van der Waals surface area (Å²) in [5, 5.41) is 4.24. The molecule has 4 heteroatoms. The highest BCUT2D eigenvalue weighted by Crippen LogP contribution is 2.42. The van der Waals surface area contributed by atoms with Crippen LogP contribution < -0.4 is 4.74 Å². The van der Waals surface area contributed by atoms with Gasteiger partial charge in [-0.1, -0.05) is 85.1 Å². The Balaban J connectivity index is 1.22. The predicted octanol–water partition coefficient (Wildman–Crippen LogP) is 7.15. The molecule has 0 amide bonds. The lowest BCUT2D eigenvalue weighted by Gasteiger charge is -2.38. The number of rotatable bonds is 8. The molecule has 0 atom stereocenters. The second kappa shape index (κ2) is 10.0. The van der Waals surface area contributed by atoms with E-state index in [0.29, 0.717) is 12.4 Å². The van der Waals surface area contributed by atoms with Gasteiger partial charge in [-0.15, -0.1) is 0 Å². The summed E-state index contributed by atoms with van der Waals surface area (Å²) in [5.41, 5.74) is 3.77. The first-order valence-electron chi connectivity index (χ1n) is 12.0. The number of aromatic nitrogens is 2. The summed E-state index contributed by atoms with van der Waals surface area (Å²) in [6, 6.07) is 29.0. The van der Waals surface area contributed by atoms with Crippen molar-refractivity contribution in [3.63, 3.8) is 0 Å². The van der Waals surface area contributed by atoms with Gasteiger partial charge in [-0.2, -0.15) is 4.98 Å². The second-order valence-corrected chi connectivity index (χ2v) is 9.02. The lowest BCUT2D eigenvalue weighted by atomic mass is 9.67. The molecule has 0 spiro atoms. The third kappa shape index (κ3) is 5.16. The lowest BCUT2D eigenvalue weighted by molar-refractivity contribution is 0.261. The fraction of sp³-hybridized carbons (Fsp3) is 0.310. The van der Waals surface area contributed by atoms with E-state index >= 15 is 0 Å². The third-order valence-electron chi connectivity index (χ3n) is 6.84. The van der Waals surface area contributed by atoms with E-state index in [-0.39, 0.29) is 5.41 Å². The van der Waals surface area contributed by atoms with E-state index in [9.17, 15) is 0 Å². The quantitative estimate of drug-likeness (QED) is 0.293. The van der Waals surface area contributed by atoms with E-state index in [1.54, 1.807) is 0 Å². The zero-order valence-corrected chi connectivity index (χ0v) is 19.0. The van der Waals surface area contributed by atoms with Crippen molar-refractivity contribution in [3.05, 3.63) is 102 Å². The number of hydrogen-bond donors (Lipinski definition) is 0. The molecule has 168 valence electrons. The van der Waals surface area contributed by atoms with Gasteiger partial charge in [0.25, 0.3) is 0 Å². The van der Waals surface area contributed by atoms with E-state index in [1.165, 1.54) is 37.7 Å². The Morgan fingerprint density at radius 3 is 2.21 bits per heavy atom. The fourth-order valence-electron chi connectivity index (χ4n) is 4.96. The van der Waals surface area contributed by atoms with E-state index in [1.807, 2.05) is 42.5 Å². The molecule has 1 aliphatic carbocycles. The number of hydrogen-bond acceptors (Lipinski definition) is 4. The number of benzene rings is 3. The minimum Gasteiger partial charge on any atom is -0.489 e. The van der Waals surface area contributed by atoms with Crippen LogP contribution in [0.2, 0.25) is 0 Å². The fourth-order valence-corrected chi connectivity index (χ4v) is 4.96. The summed E-state index contributed by atoms with van der Waals surface area (Å²) >= 11 is 0. The van der Waals surface area contributed by atoms with Crippen molar-refractivity contribution in [1.82, 2.24) is 10.1 Å². The molecule has 1 aliphatic rings. The molecule has 4 nitrogen and oxygen atoms in total. The summed E-state index contributed by atoms with van der Waals surface area (Å²) in [4.78, 5) is 4.69. The van der Waals surface area contributed by atoms with Crippen molar-refractivity contribution < 1.29 is 9.26 Å². The maximum absolute atomic E-state index is 5.88. The van der Waals surface area contributed by atoms with Gasteiger partial charge in [-0.25, -0.2) is 0 Å². The highest BCUT2D eigenvalue weighted by atomic mass is 16.5. The molecule has 33 heavy (non-hydrogen) atoms. The SMILES string of the molecule is c1ccc(COc2ccc(-c3noc(CCC4(c5ccccc5)CCCCC4)n3)cc2)cc1. The van der Waals surface area contributed by atoms with Crippen LogP contribution in [-0.4, -0.2) is 10.1 Å². The molecular formula is C29H30N2O2. The van der Waals surface area contributed by atoms with Crippen LogP contribution in [0.3, 0.4) is 0 Å². The number of aryl methyl sites for hydroxylation is 1. The van der Waals surface area contributed by atoms with E-state index < -0.39 is 0 Å². The number of ether oxygens (including phenoxy) is 1.